The van der Waals surface area contributed by atoms with Crippen LogP contribution in [-0.4, -0.2) is 65.2 Å². The van der Waals surface area contributed by atoms with Crippen molar-refractivity contribution in [2.75, 3.05) is 26.7 Å². The summed E-state index contributed by atoms with van der Waals surface area (Å²) in [6, 6.07) is 6.77. The summed E-state index contributed by atoms with van der Waals surface area (Å²) < 4.78 is 0. The number of hydrogen-bond acceptors (Lipinski definition) is 7. The fourth-order valence-electron chi connectivity index (χ4n) is 5.88. The molecule has 1 aliphatic carbocycles. The number of piperidine rings is 1. The lowest BCUT2D eigenvalue weighted by Crippen LogP contribution is -2.43. The highest BCUT2D eigenvalue weighted by atomic mass is 16.3. The van der Waals surface area contributed by atoms with E-state index in [9.17, 15) is 5.11 Å². The van der Waals surface area contributed by atoms with Gasteiger partial charge in [-0.3, -0.25) is 0 Å². The van der Waals surface area contributed by atoms with Crippen molar-refractivity contribution in [2.24, 2.45) is 21.6 Å². The van der Waals surface area contributed by atoms with Crippen LogP contribution in [0.2, 0.25) is 0 Å². The molecule has 1 atom stereocenters. The minimum absolute atomic E-state index is 0.0699. The molecule has 1 saturated heterocycles. The Kier molecular flexibility index (Phi) is 7.75. The molecule has 1 aromatic carbocycles. The fourth-order valence-corrected chi connectivity index (χ4v) is 5.88. The Morgan fingerprint density at radius 1 is 1.05 bits per heavy atom. The van der Waals surface area contributed by atoms with Crippen LogP contribution in [0.1, 0.15) is 55.2 Å². The molecule has 202 valence electrons. The van der Waals surface area contributed by atoms with Crippen LogP contribution in [0, 0.1) is 12.8 Å². The van der Waals surface area contributed by atoms with E-state index >= 15 is 0 Å². The Labute approximate surface area is 227 Å². The number of nitrogens with zero attached hydrogens (tertiary/aromatic N) is 4. The first-order chi connectivity index (χ1) is 18.3. The molecule has 0 spiro atoms. The minimum atomic E-state index is -0.259. The molecule has 4 aliphatic rings. The molecule has 0 radical (unpaired) electrons. The third kappa shape index (κ3) is 5.73. The van der Waals surface area contributed by atoms with Crippen molar-refractivity contribution >= 4 is 17.1 Å². The molecule has 1 unspecified atom stereocenters. The van der Waals surface area contributed by atoms with Crippen LogP contribution in [0.5, 0.6) is 0 Å². The van der Waals surface area contributed by atoms with E-state index in [0.29, 0.717) is 18.7 Å². The van der Waals surface area contributed by atoms with Gasteiger partial charge in [0.2, 0.25) is 0 Å². The molecule has 5 rings (SSSR count). The van der Waals surface area contributed by atoms with Crippen LogP contribution in [0.3, 0.4) is 0 Å². The first kappa shape index (κ1) is 26.3. The molecule has 7 nitrogen and oxygen atoms in total. The lowest BCUT2D eigenvalue weighted by molar-refractivity contribution is 0.0704. The number of aryl methyl sites for hydroxylation is 2. The Balaban J connectivity index is 1.58. The zero-order valence-electron chi connectivity index (χ0n) is 22.9. The van der Waals surface area contributed by atoms with E-state index in [0.717, 1.165) is 80.4 Å². The second kappa shape index (κ2) is 11.2. The monoisotopic (exact) mass is 514 g/mol. The van der Waals surface area contributed by atoms with Crippen molar-refractivity contribution in [3.63, 3.8) is 0 Å². The van der Waals surface area contributed by atoms with E-state index in [-0.39, 0.29) is 18.1 Å². The van der Waals surface area contributed by atoms with Gasteiger partial charge in [0, 0.05) is 67.4 Å². The maximum absolute atomic E-state index is 9.93. The summed E-state index contributed by atoms with van der Waals surface area (Å²) >= 11 is 0. The first-order valence-corrected chi connectivity index (χ1v) is 14.0. The smallest absolute Gasteiger partial charge is 0.130 e. The molecule has 0 amide bonds. The first-order valence-electron chi connectivity index (χ1n) is 14.0. The summed E-state index contributed by atoms with van der Waals surface area (Å²) in [5.41, 5.74) is 14.1. The molecular weight excluding hydrogens is 472 g/mol. The van der Waals surface area contributed by atoms with Gasteiger partial charge in [0.25, 0.3) is 0 Å². The number of aliphatic hydroxyl groups excluding tert-OH is 1. The quantitative estimate of drug-likeness (QED) is 0.525. The third-order valence-electron chi connectivity index (χ3n) is 8.28. The molecule has 7 heteroatoms. The number of nitrogens with one attached hydrogen (secondary N) is 1. The molecule has 1 saturated carbocycles. The largest absolute Gasteiger partial charge is 0.393 e. The van der Waals surface area contributed by atoms with Crippen molar-refractivity contribution in [3.8, 4) is 0 Å². The topological polar surface area (TPSA) is 89.5 Å². The second-order valence-electron chi connectivity index (χ2n) is 11.2. The van der Waals surface area contributed by atoms with Gasteiger partial charge in [-0.2, -0.15) is 0 Å². The van der Waals surface area contributed by atoms with Crippen LogP contribution in [0.25, 0.3) is 5.70 Å². The van der Waals surface area contributed by atoms with E-state index in [1.54, 1.807) is 0 Å². The van der Waals surface area contributed by atoms with Gasteiger partial charge in [-0.15, -0.1) is 0 Å². The second-order valence-corrected chi connectivity index (χ2v) is 11.2. The Hall–Kier alpha value is -3.32. The van der Waals surface area contributed by atoms with Gasteiger partial charge in [0.1, 0.15) is 11.6 Å². The average molecular weight is 515 g/mol. The molecular formula is C31H42N6O. The third-order valence-corrected chi connectivity index (χ3v) is 8.28. The van der Waals surface area contributed by atoms with Crippen LogP contribution >= 0.6 is 0 Å². The van der Waals surface area contributed by atoms with Gasteiger partial charge < -0.3 is 26.0 Å². The highest BCUT2D eigenvalue weighted by Crippen LogP contribution is 2.33. The lowest BCUT2D eigenvalue weighted by atomic mass is 9.79. The number of fused-ring (bicyclic) bond motifs is 4. The van der Waals surface area contributed by atoms with E-state index < -0.39 is 0 Å². The molecule has 1 aromatic rings. The van der Waals surface area contributed by atoms with Gasteiger partial charge >= 0.3 is 0 Å². The van der Waals surface area contributed by atoms with Gasteiger partial charge in [0.15, 0.2) is 0 Å². The summed E-state index contributed by atoms with van der Waals surface area (Å²) in [6.45, 7) is 13.5. The summed E-state index contributed by atoms with van der Waals surface area (Å²) in [6.07, 6.45) is 10.2. The van der Waals surface area contributed by atoms with Crippen LogP contribution < -0.4 is 11.1 Å². The summed E-state index contributed by atoms with van der Waals surface area (Å²) in [7, 11) is 2.08. The SMILES string of the molecule is C=C1CCc2ccc(C)cc2C(=C)N2CCCCC2C2=N\C(=C/C(C3CC(O)C3)=N/C(N)=C\2)N(C)CCN1. The predicted octanol–water partition coefficient (Wildman–Crippen LogP) is 4.11. The maximum Gasteiger partial charge on any atom is 0.130 e. The zero-order valence-corrected chi connectivity index (χ0v) is 22.9. The summed E-state index contributed by atoms with van der Waals surface area (Å²) in [5, 5.41) is 13.4. The number of aliphatic imine (C=N–C) groups is 2. The van der Waals surface area contributed by atoms with E-state index in [2.05, 4.69) is 66.5 Å². The van der Waals surface area contributed by atoms with Crippen molar-refractivity contribution in [1.82, 2.24) is 15.1 Å². The number of benzene rings is 1. The molecule has 38 heavy (non-hydrogen) atoms. The predicted molar refractivity (Wildman–Crippen MR) is 157 cm³/mol. The number of likely N-dealkylation sites (N-methyl/N-ethyl adjacent to an activating group) is 1. The summed E-state index contributed by atoms with van der Waals surface area (Å²) in [4.78, 5) is 14.7. The minimum Gasteiger partial charge on any atom is -0.393 e. The van der Waals surface area contributed by atoms with Gasteiger partial charge in [-0.05, 0) is 63.5 Å². The van der Waals surface area contributed by atoms with Gasteiger partial charge in [-0.25, -0.2) is 9.98 Å². The Morgan fingerprint density at radius 2 is 1.87 bits per heavy atom. The van der Waals surface area contributed by atoms with E-state index in [1.807, 2.05) is 6.08 Å². The molecule has 3 heterocycles. The fraction of sp³-hybridized carbons (Fsp3) is 0.484. The van der Waals surface area contributed by atoms with Crippen molar-refractivity contribution in [2.45, 2.75) is 64.0 Å². The zero-order chi connectivity index (χ0) is 26.8. The van der Waals surface area contributed by atoms with Crippen molar-refractivity contribution in [1.29, 1.82) is 0 Å². The average Bonchev–Trinajstić information content (AvgIpc) is 2.87. The van der Waals surface area contributed by atoms with Gasteiger partial charge in [0.05, 0.1) is 17.9 Å². The maximum atomic E-state index is 9.93. The Bertz CT molecular complexity index is 1220. The highest BCUT2D eigenvalue weighted by molar-refractivity contribution is 6.04. The van der Waals surface area contributed by atoms with E-state index in [4.69, 9.17) is 15.7 Å². The van der Waals surface area contributed by atoms with Crippen LogP contribution in [0.4, 0.5) is 0 Å². The van der Waals surface area contributed by atoms with Crippen LogP contribution in [-0.2, 0) is 6.42 Å². The highest BCUT2D eigenvalue weighted by Gasteiger charge is 2.33. The normalized spacial score (nSPS) is 32.4. The number of nitrogens with two attached hydrogens (primary N) is 1. The molecule has 4 N–H and O–H groups in total. The molecule has 0 aromatic heterocycles. The molecule has 3 aliphatic heterocycles. The number of rotatable bonds is 1. The van der Waals surface area contributed by atoms with Crippen molar-refractivity contribution in [3.05, 3.63) is 77.5 Å². The molecule has 2 fully saturated rings. The number of hydrogen-bond donors (Lipinski definition) is 3. The molecule has 2 bridgehead atoms. The Morgan fingerprint density at radius 3 is 2.66 bits per heavy atom. The van der Waals surface area contributed by atoms with Crippen molar-refractivity contribution < 1.29 is 5.11 Å². The van der Waals surface area contributed by atoms with E-state index in [1.165, 1.54) is 16.7 Å². The summed E-state index contributed by atoms with van der Waals surface area (Å²) in [5.74, 6) is 1.55. The standard InChI is InChI=1S/C31H42N6O/c1-20-8-10-23-11-9-21(2)33-12-14-36(4)31-19-27(24-16-25(38)17-24)34-30(32)18-28(35-31)29-7-5-6-13-37(29)22(3)26(23)15-20/h8,10,15,18-19,24-25,29,33,38H,2-3,5-7,9,11-14,16-17H2,1,4H3,(H2,32,34). The van der Waals surface area contributed by atoms with Crippen LogP contribution in [0.15, 0.2) is 70.8 Å². The number of allylic oxidation sites excluding steroid dienone is 2. The number of aliphatic hydroxyl groups is 1. The lowest BCUT2D eigenvalue weighted by Gasteiger charge is -2.40. The van der Waals surface area contributed by atoms with Gasteiger partial charge in [-0.1, -0.05) is 30.9 Å².